The van der Waals surface area contributed by atoms with Crippen LogP contribution >= 0.6 is 11.8 Å². The Bertz CT molecular complexity index is 669. The molecule has 7 heteroatoms. The fourth-order valence-corrected chi connectivity index (χ4v) is 2.67. The standard InChI is InChI=1S/C15H18N4O2S/c1-4-9-19-11(2)17-18-15(19)22-10-14(20)16-12-7-5-6-8-13(12)21-3/h4-8H,1,9-10H2,2-3H3,(H,16,20). The van der Waals surface area contributed by atoms with Gasteiger partial charge in [0.15, 0.2) is 5.16 Å². The molecule has 2 aromatic rings. The highest BCUT2D eigenvalue weighted by Crippen LogP contribution is 2.24. The van der Waals surface area contributed by atoms with Gasteiger partial charge >= 0.3 is 0 Å². The van der Waals surface area contributed by atoms with Crippen LogP contribution in [0.5, 0.6) is 5.75 Å². The van der Waals surface area contributed by atoms with Gasteiger partial charge in [0, 0.05) is 6.54 Å². The zero-order valence-corrected chi connectivity index (χ0v) is 13.4. The summed E-state index contributed by atoms with van der Waals surface area (Å²) in [5.74, 6) is 1.55. The molecule has 1 N–H and O–H groups in total. The zero-order chi connectivity index (χ0) is 15.9. The summed E-state index contributed by atoms with van der Waals surface area (Å²) in [5, 5.41) is 11.6. The predicted octanol–water partition coefficient (Wildman–Crippen LogP) is 2.51. The number of para-hydroxylation sites is 2. The Morgan fingerprint density at radius 2 is 2.23 bits per heavy atom. The van der Waals surface area contributed by atoms with Crippen molar-refractivity contribution in [2.45, 2.75) is 18.6 Å². The molecule has 2 rings (SSSR count). The van der Waals surface area contributed by atoms with Crippen LogP contribution in [-0.2, 0) is 11.3 Å². The first kappa shape index (κ1) is 16.1. The summed E-state index contributed by atoms with van der Waals surface area (Å²) in [7, 11) is 1.57. The van der Waals surface area contributed by atoms with Crippen LogP contribution in [-0.4, -0.2) is 33.5 Å². The Labute approximate surface area is 133 Å². The molecule has 0 spiro atoms. The summed E-state index contributed by atoms with van der Waals surface area (Å²) in [4.78, 5) is 12.1. The lowest BCUT2D eigenvalue weighted by molar-refractivity contribution is -0.113. The maximum atomic E-state index is 12.1. The van der Waals surface area contributed by atoms with E-state index in [1.165, 1.54) is 11.8 Å². The van der Waals surface area contributed by atoms with Gasteiger partial charge in [-0.25, -0.2) is 0 Å². The Morgan fingerprint density at radius 3 is 2.95 bits per heavy atom. The second-order valence-electron chi connectivity index (χ2n) is 4.47. The van der Waals surface area contributed by atoms with E-state index in [0.29, 0.717) is 23.1 Å². The highest BCUT2D eigenvalue weighted by molar-refractivity contribution is 7.99. The lowest BCUT2D eigenvalue weighted by Crippen LogP contribution is -2.15. The highest BCUT2D eigenvalue weighted by Gasteiger charge is 2.12. The quantitative estimate of drug-likeness (QED) is 0.627. The van der Waals surface area contributed by atoms with Crippen molar-refractivity contribution in [1.82, 2.24) is 14.8 Å². The average Bonchev–Trinajstić information content (AvgIpc) is 2.87. The van der Waals surface area contributed by atoms with Gasteiger partial charge in [0.05, 0.1) is 18.6 Å². The lowest BCUT2D eigenvalue weighted by Gasteiger charge is -2.09. The molecule has 1 aromatic carbocycles. The number of aromatic nitrogens is 3. The fourth-order valence-electron chi connectivity index (χ4n) is 1.87. The Balaban J connectivity index is 1.97. The first-order valence-corrected chi connectivity index (χ1v) is 7.70. The van der Waals surface area contributed by atoms with Gasteiger partial charge in [0.25, 0.3) is 0 Å². The molecule has 0 unspecified atom stereocenters. The van der Waals surface area contributed by atoms with E-state index in [2.05, 4.69) is 22.1 Å². The van der Waals surface area contributed by atoms with Crippen molar-refractivity contribution in [3.05, 3.63) is 42.7 Å². The minimum Gasteiger partial charge on any atom is -0.495 e. The Kier molecular flexibility index (Phi) is 5.60. The van der Waals surface area contributed by atoms with Crippen LogP contribution < -0.4 is 10.1 Å². The third-order valence-electron chi connectivity index (χ3n) is 2.93. The van der Waals surface area contributed by atoms with Gasteiger partial charge in [-0.2, -0.15) is 0 Å². The van der Waals surface area contributed by atoms with Gasteiger partial charge in [-0.15, -0.1) is 16.8 Å². The number of thioether (sulfide) groups is 1. The number of allylic oxidation sites excluding steroid dienone is 1. The monoisotopic (exact) mass is 318 g/mol. The molecule has 1 heterocycles. The summed E-state index contributed by atoms with van der Waals surface area (Å²) < 4.78 is 7.12. The molecule has 1 amide bonds. The molecule has 1 aromatic heterocycles. The Morgan fingerprint density at radius 1 is 1.45 bits per heavy atom. The second-order valence-corrected chi connectivity index (χ2v) is 5.41. The number of anilines is 1. The predicted molar refractivity (Wildman–Crippen MR) is 87.3 cm³/mol. The number of aryl methyl sites for hydroxylation is 1. The number of benzene rings is 1. The molecular weight excluding hydrogens is 300 g/mol. The molecule has 0 bridgehead atoms. The summed E-state index contributed by atoms with van der Waals surface area (Å²) in [6.07, 6.45) is 1.77. The zero-order valence-electron chi connectivity index (χ0n) is 12.6. The molecule has 0 aliphatic heterocycles. The number of methoxy groups -OCH3 is 1. The van der Waals surface area contributed by atoms with Crippen molar-refractivity contribution < 1.29 is 9.53 Å². The van der Waals surface area contributed by atoms with E-state index in [9.17, 15) is 4.79 Å². The summed E-state index contributed by atoms with van der Waals surface area (Å²) in [6.45, 7) is 6.20. The molecule has 22 heavy (non-hydrogen) atoms. The van der Waals surface area contributed by atoms with Gasteiger partial charge in [-0.3, -0.25) is 4.79 Å². The van der Waals surface area contributed by atoms with Crippen LogP contribution in [0.2, 0.25) is 0 Å². The van der Waals surface area contributed by atoms with Gasteiger partial charge in [0.2, 0.25) is 5.91 Å². The van der Waals surface area contributed by atoms with Gasteiger partial charge < -0.3 is 14.6 Å². The third-order valence-corrected chi connectivity index (χ3v) is 3.89. The van der Waals surface area contributed by atoms with Crippen molar-refractivity contribution in [3.63, 3.8) is 0 Å². The summed E-state index contributed by atoms with van der Waals surface area (Å²) in [5.41, 5.74) is 0.652. The summed E-state index contributed by atoms with van der Waals surface area (Å²) >= 11 is 1.34. The first-order valence-electron chi connectivity index (χ1n) is 6.72. The molecule has 0 aliphatic rings. The molecule has 0 fully saturated rings. The van der Waals surface area contributed by atoms with E-state index in [1.54, 1.807) is 25.3 Å². The minimum atomic E-state index is -0.125. The average molecular weight is 318 g/mol. The van der Waals surface area contributed by atoms with E-state index in [0.717, 1.165) is 5.82 Å². The van der Waals surface area contributed by atoms with E-state index in [1.807, 2.05) is 23.6 Å². The third kappa shape index (κ3) is 3.88. The van der Waals surface area contributed by atoms with Crippen molar-refractivity contribution >= 4 is 23.4 Å². The van der Waals surface area contributed by atoms with Crippen LogP contribution in [0.1, 0.15) is 5.82 Å². The van der Waals surface area contributed by atoms with Crippen LogP contribution in [0.15, 0.2) is 42.1 Å². The molecule has 116 valence electrons. The number of hydrogen-bond donors (Lipinski definition) is 1. The van der Waals surface area contributed by atoms with Crippen LogP contribution in [0.25, 0.3) is 0 Å². The molecule has 0 saturated carbocycles. The number of carbonyl (C=O) groups is 1. The van der Waals surface area contributed by atoms with Gasteiger partial charge in [0.1, 0.15) is 11.6 Å². The first-order chi connectivity index (χ1) is 10.7. The van der Waals surface area contributed by atoms with Gasteiger partial charge in [-0.1, -0.05) is 30.0 Å². The molecule has 6 nitrogen and oxygen atoms in total. The van der Waals surface area contributed by atoms with E-state index in [-0.39, 0.29) is 11.7 Å². The van der Waals surface area contributed by atoms with Crippen molar-refractivity contribution in [1.29, 1.82) is 0 Å². The van der Waals surface area contributed by atoms with Crippen LogP contribution in [0.3, 0.4) is 0 Å². The van der Waals surface area contributed by atoms with Crippen molar-refractivity contribution in [3.8, 4) is 5.75 Å². The number of hydrogen-bond acceptors (Lipinski definition) is 5. The van der Waals surface area contributed by atoms with E-state index < -0.39 is 0 Å². The molecule has 0 aliphatic carbocycles. The minimum absolute atomic E-state index is 0.125. The number of amides is 1. The van der Waals surface area contributed by atoms with Gasteiger partial charge in [-0.05, 0) is 19.1 Å². The lowest BCUT2D eigenvalue weighted by atomic mass is 10.3. The van der Waals surface area contributed by atoms with Crippen molar-refractivity contribution in [2.75, 3.05) is 18.2 Å². The van der Waals surface area contributed by atoms with Crippen LogP contribution in [0.4, 0.5) is 5.69 Å². The summed E-state index contributed by atoms with van der Waals surface area (Å²) in [6, 6.07) is 7.29. The molecule has 0 saturated heterocycles. The normalized spacial score (nSPS) is 10.3. The molecule has 0 radical (unpaired) electrons. The number of rotatable bonds is 7. The maximum absolute atomic E-state index is 12.1. The fraction of sp³-hybridized carbons (Fsp3) is 0.267. The smallest absolute Gasteiger partial charge is 0.234 e. The van der Waals surface area contributed by atoms with E-state index >= 15 is 0 Å². The van der Waals surface area contributed by atoms with Crippen molar-refractivity contribution in [2.24, 2.45) is 0 Å². The number of nitrogens with one attached hydrogen (secondary N) is 1. The maximum Gasteiger partial charge on any atom is 0.234 e. The van der Waals surface area contributed by atoms with Crippen LogP contribution in [0, 0.1) is 6.92 Å². The SMILES string of the molecule is C=CCn1c(C)nnc1SCC(=O)Nc1ccccc1OC. The number of nitrogens with zero attached hydrogens (tertiary/aromatic N) is 3. The highest BCUT2D eigenvalue weighted by atomic mass is 32.2. The number of carbonyl (C=O) groups excluding carboxylic acids is 1. The number of ether oxygens (including phenoxy) is 1. The Hall–Kier alpha value is -2.28. The second kappa shape index (κ2) is 7.65. The largest absolute Gasteiger partial charge is 0.495 e. The van der Waals surface area contributed by atoms with E-state index in [4.69, 9.17) is 4.74 Å². The molecule has 0 atom stereocenters. The topological polar surface area (TPSA) is 69.0 Å². The molecular formula is C15H18N4O2S.